The van der Waals surface area contributed by atoms with Crippen LogP contribution in [0.15, 0.2) is 30.3 Å². The van der Waals surface area contributed by atoms with E-state index in [2.05, 4.69) is 5.32 Å². The number of aliphatic carboxylic acids is 1. The Morgan fingerprint density at radius 3 is 2.68 bits per heavy atom. The van der Waals surface area contributed by atoms with Gasteiger partial charge in [-0.2, -0.15) is 0 Å². The Balaban J connectivity index is 1.72. The molecular weight excluding hydrogens is 246 g/mol. The third-order valence-corrected chi connectivity index (χ3v) is 3.36. The van der Waals surface area contributed by atoms with Gasteiger partial charge in [-0.25, -0.2) is 4.79 Å². The van der Waals surface area contributed by atoms with Gasteiger partial charge in [-0.05, 0) is 24.8 Å². The number of carboxylic acid groups (broad SMARTS) is 1. The van der Waals surface area contributed by atoms with E-state index in [-0.39, 0.29) is 24.5 Å². The van der Waals surface area contributed by atoms with E-state index in [1.165, 1.54) is 0 Å². The van der Waals surface area contributed by atoms with Crippen molar-refractivity contribution < 1.29 is 19.4 Å². The maximum atomic E-state index is 11.6. The highest BCUT2D eigenvalue weighted by Gasteiger charge is 2.46. The standard InChI is InChI=1S/C14H17NO4/c1-9(11-7-12(11)13(16)17)15-14(18)19-8-10-5-3-2-4-6-10/h2-6,9,11-12H,7-8H2,1H3,(H,15,18)(H,16,17)/t9?,11-,12+/m0/s1. The van der Waals surface area contributed by atoms with E-state index >= 15 is 0 Å². The average Bonchev–Trinajstić information content (AvgIpc) is 3.18. The van der Waals surface area contributed by atoms with Crippen LogP contribution in [0.4, 0.5) is 4.79 Å². The Kier molecular flexibility index (Phi) is 4.04. The summed E-state index contributed by atoms with van der Waals surface area (Å²) in [7, 11) is 0. The minimum Gasteiger partial charge on any atom is -0.481 e. The van der Waals surface area contributed by atoms with Gasteiger partial charge in [0.2, 0.25) is 0 Å². The van der Waals surface area contributed by atoms with Crippen LogP contribution in [0, 0.1) is 11.8 Å². The van der Waals surface area contributed by atoms with Crippen molar-refractivity contribution in [2.24, 2.45) is 11.8 Å². The summed E-state index contributed by atoms with van der Waals surface area (Å²) >= 11 is 0. The van der Waals surface area contributed by atoms with Crippen molar-refractivity contribution >= 4 is 12.1 Å². The Bertz CT molecular complexity index is 460. The molecule has 1 aromatic carbocycles. The van der Waals surface area contributed by atoms with Gasteiger partial charge in [-0.1, -0.05) is 30.3 Å². The minimum atomic E-state index is -0.795. The first-order valence-corrected chi connectivity index (χ1v) is 6.28. The van der Waals surface area contributed by atoms with Gasteiger partial charge in [-0.15, -0.1) is 0 Å². The number of nitrogens with one attached hydrogen (secondary N) is 1. The maximum absolute atomic E-state index is 11.6. The zero-order valence-corrected chi connectivity index (χ0v) is 10.7. The van der Waals surface area contributed by atoms with Gasteiger partial charge in [0.05, 0.1) is 5.92 Å². The second-order valence-electron chi connectivity index (χ2n) is 4.84. The summed E-state index contributed by atoms with van der Waals surface area (Å²) < 4.78 is 5.07. The van der Waals surface area contributed by atoms with E-state index in [0.717, 1.165) is 5.56 Å². The molecule has 102 valence electrons. The molecule has 2 rings (SSSR count). The Labute approximate surface area is 111 Å². The van der Waals surface area contributed by atoms with Crippen molar-refractivity contribution in [3.05, 3.63) is 35.9 Å². The molecule has 0 aromatic heterocycles. The quantitative estimate of drug-likeness (QED) is 0.852. The van der Waals surface area contributed by atoms with Gasteiger partial charge in [0.1, 0.15) is 6.61 Å². The molecule has 1 fully saturated rings. The highest BCUT2D eigenvalue weighted by Crippen LogP contribution is 2.41. The molecular formula is C14H17NO4. The topological polar surface area (TPSA) is 75.6 Å². The summed E-state index contributed by atoms with van der Waals surface area (Å²) in [5, 5.41) is 11.5. The van der Waals surface area contributed by atoms with Gasteiger partial charge in [0.15, 0.2) is 0 Å². The van der Waals surface area contributed by atoms with Gasteiger partial charge < -0.3 is 15.2 Å². The molecule has 1 amide bonds. The first-order valence-electron chi connectivity index (χ1n) is 6.28. The molecule has 0 heterocycles. The lowest BCUT2D eigenvalue weighted by atomic mass is 10.2. The molecule has 5 heteroatoms. The number of ether oxygens (including phenoxy) is 1. The number of carbonyl (C=O) groups is 2. The fourth-order valence-electron chi connectivity index (χ4n) is 2.11. The number of carboxylic acids is 1. The molecule has 1 aliphatic rings. The zero-order chi connectivity index (χ0) is 13.8. The van der Waals surface area contributed by atoms with Crippen LogP contribution in [0.25, 0.3) is 0 Å². The van der Waals surface area contributed by atoms with E-state index in [1.54, 1.807) is 6.92 Å². The largest absolute Gasteiger partial charge is 0.481 e. The summed E-state index contributed by atoms with van der Waals surface area (Å²) in [5.74, 6) is -1.11. The fourth-order valence-corrected chi connectivity index (χ4v) is 2.11. The van der Waals surface area contributed by atoms with Crippen LogP contribution in [-0.2, 0) is 16.1 Å². The molecule has 0 spiro atoms. The second-order valence-corrected chi connectivity index (χ2v) is 4.84. The predicted octanol–water partition coefficient (Wildman–Crippen LogP) is 2.02. The molecule has 0 radical (unpaired) electrons. The highest BCUT2D eigenvalue weighted by molar-refractivity contribution is 5.74. The summed E-state index contributed by atoms with van der Waals surface area (Å²) in [5.41, 5.74) is 0.917. The first-order chi connectivity index (χ1) is 9.08. The van der Waals surface area contributed by atoms with Gasteiger partial charge in [-0.3, -0.25) is 4.79 Å². The molecule has 19 heavy (non-hydrogen) atoms. The number of rotatable bonds is 5. The summed E-state index contributed by atoms with van der Waals surface area (Å²) in [6, 6.07) is 9.22. The van der Waals surface area contributed by atoms with Crippen LogP contribution in [0.5, 0.6) is 0 Å². The number of alkyl carbamates (subject to hydrolysis) is 1. The van der Waals surface area contributed by atoms with Crippen molar-refractivity contribution in [3.63, 3.8) is 0 Å². The summed E-state index contributed by atoms with van der Waals surface area (Å²) in [6.45, 7) is 2.02. The molecule has 1 unspecified atom stereocenters. The second kappa shape index (κ2) is 5.73. The van der Waals surface area contributed by atoms with Crippen molar-refractivity contribution in [2.45, 2.75) is 26.0 Å². The van der Waals surface area contributed by atoms with Crippen LogP contribution in [0.1, 0.15) is 18.9 Å². The predicted molar refractivity (Wildman–Crippen MR) is 68.5 cm³/mol. The lowest BCUT2D eigenvalue weighted by Crippen LogP contribution is -2.35. The van der Waals surface area contributed by atoms with Crippen LogP contribution < -0.4 is 5.32 Å². The summed E-state index contributed by atoms with van der Waals surface area (Å²) in [4.78, 5) is 22.3. The van der Waals surface area contributed by atoms with Crippen LogP contribution in [0.3, 0.4) is 0 Å². The van der Waals surface area contributed by atoms with E-state index < -0.39 is 12.1 Å². The third kappa shape index (κ3) is 3.71. The number of benzene rings is 1. The van der Waals surface area contributed by atoms with Gasteiger partial charge >= 0.3 is 12.1 Å². The number of amides is 1. The van der Waals surface area contributed by atoms with Crippen molar-refractivity contribution in [2.75, 3.05) is 0 Å². The maximum Gasteiger partial charge on any atom is 0.407 e. The van der Waals surface area contributed by atoms with E-state index in [0.29, 0.717) is 6.42 Å². The number of hydrogen-bond acceptors (Lipinski definition) is 3. The van der Waals surface area contributed by atoms with Crippen LogP contribution in [-0.4, -0.2) is 23.2 Å². The highest BCUT2D eigenvalue weighted by atomic mass is 16.5. The Hall–Kier alpha value is -2.04. The van der Waals surface area contributed by atoms with Crippen molar-refractivity contribution in [3.8, 4) is 0 Å². The lowest BCUT2D eigenvalue weighted by molar-refractivity contribution is -0.138. The molecule has 0 aliphatic heterocycles. The molecule has 1 saturated carbocycles. The van der Waals surface area contributed by atoms with Crippen molar-refractivity contribution in [1.82, 2.24) is 5.32 Å². The normalized spacial score (nSPS) is 22.4. The Morgan fingerprint density at radius 2 is 2.11 bits per heavy atom. The van der Waals surface area contributed by atoms with Gasteiger partial charge in [0, 0.05) is 6.04 Å². The smallest absolute Gasteiger partial charge is 0.407 e. The molecule has 0 saturated heterocycles. The van der Waals surface area contributed by atoms with Gasteiger partial charge in [0.25, 0.3) is 0 Å². The average molecular weight is 263 g/mol. The lowest BCUT2D eigenvalue weighted by Gasteiger charge is -2.13. The minimum absolute atomic E-state index is 0.0155. The van der Waals surface area contributed by atoms with Crippen LogP contribution in [0.2, 0.25) is 0 Å². The van der Waals surface area contributed by atoms with Crippen LogP contribution >= 0.6 is 0 Å². The van der Waals surface area contributed by atoms with E-state index in [4.69, 9.17) is 9.84 Å². The summed E-state index contributed by atoms with van der Waals surface area (Å²) in [6.07, 6.45) is 0.113. The Morgan fingerprint density at radius 1 is 1.42 bits per heavy atom. The SMILES string of the molecule is CC(NC(=O)OCc1ccccc1)[C@@H]1C[C@H]1C(=O)O. The first kappa shape index (κ1) is 13.4. The monoisotopic (exact) mass is 263 g/mol. The van der Waals surface area contributed by atoms with E-state index in [9.17, 15) is 9.59 Å². The molecule has 1 aliphatic carbocycles. The zero-order valence-electron chi connectivity index (χ0n) is 10.7. The molecule has 3 atom stereocenters. The molecule has 0 bridgehead atoms. The van der Waals surface area contributed by atoms with Crippen molar-refractivity contribution in [1.29, 1.82) is 0 Å². The molecule has 5 nitrogen and oxygen atoms in total. The fraction of sp³-hybridized carbons (Fsp3) is 0.429. The number of carbonyl (C=O) groups excluding carboxylic acids is 1. The molecule has 2 N–H and O–H groups in total. The van der Waals surface area contributed by atoms with E-state index in [1.807, 2.05) is 30.3 Å². The third-order valence-electron chi connectivity index (χ3n) is 3.36. The molecule has 1 aromatic rings. The number of hydrogen-bond donors (Lipinski definition) is 2.